The molecule has 3 aromatic heterocycles. The van der Waals surface area contributed by atoms with E-state index < -0.39 is 0 Å². The molecule has 28 heavy (non-hydrogen) atoms. The molecule has 1 aliphatic heterocycles. The van der Waals surface area contributed by atoms with Crippen LogP contribution in [-0.4, -0.2) is 39.9 Å². The maximum atomic E-state index is 5.44. The lowest BCUT2D eigenvalue weighted by molar-refractivity contribution is 0.0699. The van der Waals surface area contributed by atoms with Gasteiger partial charge in [0.05, 0.1) is 5.39 Å². The van der Waals surface area contributed by atoms with Gasteiger partial charge >= 0.3 is 0 Å². The molecule has 1 fully saturated rings. The quantitative estimate of drug-likeness (QED) is 0.488. The number of hydrogen-bond acceptors (Lipinski definition) is 6. The first-order chi connectivity index (χ1) is 13.9. The van der Waals surface area contributed by atoms with Crippen LogP contribution in [0.25, 0.3) is 21.8 Å². The molecular formula is C21H22N6O. The largest absolute Gasteiger partial charge is 0.381 e. The molecule has 0 radical (unpaired) electrons. The van der Waals surface area contributed by atoms with E-state index in [-0.39, 0.29) is 0 Å². The lowest BCUT2D eigenvalue weighted by atomic mass is 10.0. The number of benzene rings is 1. The number of nitrogens with one attached hydrogen (secondary N) is 3. The fourth-order valence-electron chi connectivity index (χ4n) is 3.67. The molecule has 0 amide bonds. The number of hydrogen-bond donors (Lipinski definition) is 3. The summed E-state index contributed by atoms with van der Waals surface area (Å²) in [5, 5.41) is 17.4. The van der Waals surface area contributed by atoms with Crippen molar-refractivity contribution >= 4 is 39.1 Å². The van der Waals surface area contributed by atoms with E-state index in [2.05, 4.69) is 49.0 Å². The molecule has 1 saturated heterocycles. The summed E-state index contributed by atoms with van der Waals surface area (Å²) in [5.74, 6) is 2.35. The fraction of sp³-hybridized carbons (Fsp3) is 0.286. The van der Waals surface area contributed by atoms with Crippen molar-refractivity contribution in [3.05, 3.63) is 48.8 Å². The molecule has 0 bridgehead atoms. The third kappa shape index (κ3) is 3.36. The van der Waals surface area contributed by atoms with Gasteiger partial charge in [-0.05, 0) is 60.5 Å². The first-order valence-electron chi connectivity index (χ1n) is 9.63. The number of rotatable bonds is 5. The van der Waals surface area contributed by atoms with Crippen molar-refractivity contribution in [3.8, 4) is 0 Å². The van der Waals surface area contributed by atoms with Gasteiger partial charge in [0.2, 0.25) is 0 Å². The number of H-pyrrole nitrogens is 1. The topological polar surface area (TPSA) is 87.8 Å². The van der Waals surface area contributed by atoms with E-state index in [0.29, 0.717) is 5.92 Å². The minimum Gasteiger partial charge on any atom is -0.381 e. The summed E-state index contributed by atoms with van der Waals surface area (Å²) >= 11 is 0. The van der Waals surface area contributed by atoms with E-state index >= 15 is 0 Å². The standard InChI is InChI=1S/C21H22N6O/c1-2-18-20(22-8-1)26-27-21(18)25-16-3-4-17-15(12-16)5-9-23-19(17)24-13-14-6-10-28-11-7-14/h1-5,8-9,12,14H,6-7,10-11,13H2,(H,23,24)(H2,22,25,26,27). The van der Waals surface area contributed by atoms with E-state index in [1.165, 1.54) is 0 Å². The third-order valence-electron chi connectivity index (χ3n) is 5.26. The highest BCUT2D eigenvalue weighted by molar-refractivity contribution is 5.95. The monoisotopic (exact) mass is 374 g/mol. The predicted molar refractivity (Wildman–Crippen MR) is 111 cm³/mol. The van der Waals surface area contributed by atoms with Crippen LogP contribution in [0.4, 0.5) is 17.3 Å². The summed E-state index contributed by atoms with van der Waals surface area (Å²) in [6, 6.07) is 12.2. The van der Waals surface area contributed by atoms with Crippen LogP contribution in [0.15, 0.2) is 48.8 Å². The number of nitrogens with zero attached hydrogens (tertiary/aromatic N) is 3. The molecule has 5 rings (SSSR count). The first kappa shape index (κ1) is 16.9. The highest BCUT2D eigenvalue weighted by atomic mass is 16.5. The van der Waals surface area contributed by atoms with Crippen LogP contribution in [0.2, 0.25) is 0 Å². The van der Waals surface area contributed by atoms with Gasteiger partial charge < -0.3 is 15.4 Å². The zero-order chi connectivity index (χ0) is 18.8. The second kappa shape index (κ2) is 7.44. The Morgan fingerprint density at radius 2 is 1.93 bits per heavy atom. The first-order valence-corrected chi connectivity index (χ1v) is 9.63. The Bertz CT molecular complexity index is 1100. The van der Waals surface area contributed by atoms with Crippen LogP contribution in [0.1, 0.15) is 12.8 Å². The summed E-state index contributed by atoms with van der Waals surface area (Å²) in [4.78, 5) is 8.83. The zero-order valence-corrected chi connectivity index (χ0v) is 15.5. The van der Waals surface area contributed by atoms with Crippen LogP contribution in [0.3, 0.4) is 0 Å². The van der Waals surface area contributed by atoms with Crippen molar-refractivity contribution < 1.29 is 4.74 Å². The van der Waals surface area contributed by atoms with Crippen molar-refractivity contribution in [2.45, 2.75) is 12.8 Å². The minimum atomic E-state index is 0.647. The van der Waals surface area contributed by atoms with Gasteiger partial charge in [0.15, 0.2) is 11.5 Å². The maximum Gasteiger partial charge on any atom is 0.161 e. The minimum absolute atomic E-state index is 0.647. The summed E-state index contributed by atoms with van der Waals surface area (Å²) in [5.41, 5.74) is 1.75. The summed E-state index contributed by atoms with van der Waals surface area (Å²) < 4.78 is 5.44. The predicted octanol–water partition coefficient (Wildman–Crippen LogP) is 4.09. The molecule has 0 unspecified atom stereocenters. The van der Waals surface area contributed by atoms with Gasteiger partial charge in [-0.2, -0.15) is 5.10 Å². The van der Waals surface area contributed by atoms with Crippen molar-refractivity contribution in [3.63, 3.8) is 0 Å². The number of aromatic amines is 1. The molecule has 3 N–H and O–H groups in total. The van der Waals surface area contributed by atoms with E-state index in [0.717, 1.165) is 71.7 Å². The molecule has 0 spiro atoms. The van der Waals surface area contributed by atoms with Gasteiger partial charge in [0.25, 0.3) is 0 Å². The SMILES string of the molecule is c1cnc2[nH]nc(Nc3ccc4c(NCC5CCOCC5)nccc4c3)c2c1. The normalized spacial score (nSPS) is 15.1. The molecule has 142 valence electrons. The average molecular weight is 374 g/mol. The highest BCUT2D eigenvalue weighted by Crippen LogP contribution is 2.28. The summed E-state index contributed by atoms with van der Waals surface area (Å²) in [6.45, 7) is 2.66. The fourth-order valence-corrected chi connectivity index (χ4v) is 3.67. The van der Waals surface area contributed by atoms with Crippen molar-refractivity contribution in [2.24, 2.45) is 5.92 Å². The van der Waals surface area contributed by atoms with Gasteiger partial charge in [-0.25, -0.2) is 9.97 Å². The van der Waals surface area contributed by atoms with Crippen molar-refractivity contribution in [1.82, 2.24) is 20.2 Å². The molecule has 0 saturated carbocycles. The lowest BCUT2D eigenvalue weighted by Gasteiger charge is -2.22. The molecule has 7 heteroatoms. The third-order valence-corrected chi connectivity index (χ3v) is 5.26. The van der Waals surface area contributed by atoms with E-state index in [1.54, 1.807) is 6.20 Å². The van der Waals surface area contributed by atoms with Gasteiger partial charge in [0.1, 0.15) is 5.82 Å². The van der Waals surface area contributed by atoms with Gasteiger partial charge in [-0.1, -0.05) is 0 Å². The van der Waals surface area contributed by atoms with Crippen LogP contribution < -0.4 is 10.6 Å². The van der Waals surface area contributed by atoms with Gasteiger partial charge in [-0.3, -0.25) is 5.10 Å². The lowest BCUT2D eigenvalue weighted by Crippen LogP contribution is -2.22. The zero-order valence-electron chi connectivity index (χ0n) is 15.5. The van der Waals surface area contributed by atoms with Gasteiger partial charge in [-0.15, -0.1) is 0 Å². The number of aromatic nitrogens is 4. The Morgan fingerprint density at radius 3 is 2.86 bits per heavy atom. The van der Waals surface area contributed by atoms with Crippen LogP contribution in [0, 0.1) is 5.92 Å². The number of anilines is 3. The smallest absolute Gasteiger partial charge is 0.161 e. The summed E-state index contributed by atoms with van der Waals surface area (Å²) in [6.07, 6.45) is 5.82. The molecule has 7 nitrogen and oxygen atoms in total. The van der Waals surface area contributed by atoms with Crippen molar-refractivity contribution in [2.75, 3.05) is 30.4 Å². The average Bonchev–Trinajstić information content (AvgIpc) is 3.16. The van der Waals surface area contributed by atoms with Gasteiger partial charge in [0, 0.05) is 43.2 Å². The highest BCUT2D eigenvalue weighted by Gasteiger charge is 2.14. The Morgan fingerprint density at radius 1 is 1.00 bits per heavy atom. The number of pyridine rings is 2. The molecule has 1 aromatic carbocycles. The van der Waals surface area contributed by atoms with Crippen LogP contribution in [0.5, 0.6) is 0 Å². The number of ether oxygens (including phenoxy) is 1. The van der Waals surface area contributed by atoms with E-state index in [9.17, 15) is 0 Å². The Labute approximate surface area is 162 Å². The van der Waals surface area contributed by atoms with Crippen molar-refractivity contribution in [1.29, 1.82) is 0 Å². The number of fused-ring (bicyclic) bond motifs is 2. The Hall–Kier alpha value is -3.19. The second-order valence-electron chi connectivity index (χ2n) is 7.13. The molecular weight excluding hydrogens is 352 g/mol. The Balaban J connectivity index is 1.37. The molecule has 0 aliphatic carbocycles. The Kier molecular flexibility index (Phi) is 4.50. The molecule has 0 atom stereocenters. The second-order valence-corrected chi connectivity index (χ2v) is 7.13. The summed E-state index contributed by atoms with van der Waals surface area (Å²) in [7, 11) is 0. The molecule has 4 aromatic rings. The molecule has 1 aliphatic rings. The van der Waals surface area contributed by atoms with Crippen LogP contribution >= 0.6 is 0 Å². The maximum absolute atomic E-state index is 5.44. The van der Waals surface area contributed by atoms with Crippen LogP contribution in [-0.2, 0) is 4.74 Å². The molecule has 4 heterocycles. The van der Waals surface area contributed by atoms with E-state index in [1.807, 2.05) is 24.4 Å². The van der Waals surface area contributed by atoms with E-state index in [4.69, 9.17) is 4.74 Å².